The van der Waals surface area contributed by atoms with E-state index in [0.29, 0.717) is 0 Å². The number of amides is 1. The lowest BCUT2D eigenvalue weighted by molar-refractivity contribution is -0.173. The standard InChI is InChI=1S/C13H16F3NO2S/c1-10-2-4-11(5-3-10)20-8-12(18)17-6-7-19-9-13(14,15)16/h2-5H,6-9H2,1H3,(H,17,18). The first-order valence-electron chi connectivity index (χ1n) is 5.97. The lowest BCUT2D eigenvalue weighted by atomic mass is 10.2. The summed E-state index contributed by atoms with van der Waals surface area (Å²) in [6, 6.07) is 7.73. The Morgan fingerprint density at radius 3 is 2.55 bits per heavy atom. The van der Waals surface area contributed by atoms with E-state index in [1.807, 2.05) is 31.2 Å². The molecule has 7 heteroatoms. The fraction of sp³-hybridized carbons (Fsp3) is 0.462. The number of hydrogen-bond donors (Lipinski definition) is 1. The quantitative estimate of drug-likeness (QED) is 0.622. The van der Waals surface area contributed by atoms with Gasteiger partial charge in [0.25, 0.3) is 0 Å². The van der Waals surface area contributed by atoms with Gasteiger partial charge in [-0.1, -0.05) is 17.7 Å². The third-order valence-electron chi connectivity index (χ3n) is 2.23. The maximum Gasteiger partial charge on any atom is 0.411 e. The van der Waals surface area contributed by atoms with Crippen LogP contribution in [0.4, 0.5) is 13.2 Å². The molecule has 0 saturated heterocycles. The summed E-state index contributed by atoms with van der Waals surface area (Å²) in [7, 11) is 0. The van der Waals surface area contributed by atoms with Gasteiger partial charge in [-0.05, 0) is 19.1 Å². The van der Waals surface area contributed by atoms with Gasteiger partial charge in [-0.2, -0.15) is 13.2 Å². The first-order chi connectivity index (χ1) is 9.37. The van der Waals surface area contributed by atoms with Crippen LogP contribution in [0, 0.1) is 6.92 Å². The van der Waals surface area contributed by atoms with Crippen molar-refractivity contribution in [3.63, 3.8) is 0 Å². The SMILES string of the molecule is Cc1ccc(SCC(=O)NCCOCC(F)(F)F)cc1. The highest BCUT2D eigenvalue weighted by Crippen LogP contribution is 2.17. The molecule has 1 rings (SSSR count). The van der Waals surface area contributed by atoms with Gasteiger partial charge < -0.3 is 10.1 Å². The van der Waals surface area contributed by atoms with Crippen LogP contribution in [0.25, 0.3) is 0 Å². The first kappa shape index (κ1) is 16.8. The molecule has 0 heterocycles. The number of nitrogens with one attached hydrogen (secondary N) is 1. The molecule has 0 aliphatic rings. The van der Waals surface area contributed by atoms with Crippen LogP contribution in [-0.4, -0.2) is 37.6 Å². The fourth-order valence-corrected chi connectivity index (χ4v) is 2.01. The Kier molecular flexibility index (Phi) is 6.87. The van der Waals surface area contributed by atoms with E-state index >= 15 is 0 Å². The number of rotatable bonds is 7. The molecule has 0 aliphatic carbocycles. The normalized spacial score (nSPS) is 11.4. The van der Waals surface area contributed by atoms with Crippen molar-refractivity contribution in [3.05, 3.63) is 29.8 Å². The van der Waals surface area contributed by atoms with E-state index in [9.17, 15) is 18.0 Å². The van der Waals surface area contributed by atoms with Crippen LogP contribution < -0.4 is 5.32 Å². The van der Waals surface area contributed by atoms with Gasteiger partial charge in [0.2, 0.25) is 5.91 Å². The zero-order chi connectivity index (χ0) is 15.0. The predicted molar refractivity (Wildman–Crippen MR) is 71.8 cm³/mol. The van der Waals surface area contributed by atoms with E-state index < -0.39 is 12.8 Å². The molecule has 0 spiro atoms. The Labute approximate surface area is 119 Å². The smallest absolute Gasteiger partial charge is 0.370 e. The number of carbonyl (C=O) groups excluding carboxylic acids is 1. The van der Waals surface area contributed by atoms with E-state index in [1.165, 1.54) is 11.8 Å². The highest BCUT2D eigenvalue weighted by Gasteiger charge is 2.27. The van der Waals surface area contributed by atoms with Gasteiger partial charge in [0.15, 0.2) is 0 Å². The number of thioether (sulfide) groups is 1. The molecule has 0 saturated carbocycles. The Bertz CT molecular complexity index is 421. The molecule has 1 aromatic carbocycles. The zero-order valence-corrected chi connectivity index (χ0v) is 11.8. The second-order valence-corrected chi connectivity index (χ2v) is 5.17. The predicted octanol–water partition coefficient (Wildman–Crippen LogP) is 2.78. The molecule has 20 heavy (non-hydrogen) atoms. The molecule has 112 valence electrons. The molecular weight excluding hydrogens is 291 g/mol. The first-order valence-corrected chi connectivity index (χ1v) is 6.96. The summed E-state index contributed by atoms with van der Waals surface area (Å²) in [5.41, 5.74) is 1.14. The maximum absolute atomic E-state index is 11.8. The molecule has 0 aliphatic heterocycles. The number of hydrogen-bond acceptors (Lipinski definition) is 3. The Morgan fingerprint density at radius 1 is 1.30 bits per heavy atom. The molecule has 0 atom stereocenters. The van der Waals surface area contributed by atoms with Gasteiger partial charge in [0, 0.05) is 11.4 Å². The minimum atomic E-state index is -4.33. The van der Waals surface area contributed by atoms with E-state index in [0.717, 1.165) is 10.5 Å². The number of benzene rings is 1. The molecule has 1 aromatic rings. The number of ether oxygens (including phenoxy) is 1. The van der Waals surface area contributed by atoms with Crippen LogP contribution in [0.1, 0.15) is 5.56 Å². The van der Waals surface area contributed by atoms with Crippen molar-refractivity contribution in [2.75, 3.05) is 25.5 Å². The number of halogens is 3. The van der Waals surface area contributed by atoms with Crippen molar-refractivity contribution in [3.8, 4) is 0 Å². The topological polar surface area (TPSA) is 38.3 Å². The van der Waals surface area contributed by atoms with Crippen molar-refractivity contribution in [1.82, 2.24) is 5.32 Å². The van der Waals surface area contributed by atoms with Crippen molar-refractivity contribution in [2.24, 2.45) is 0 Å². The number of alkyl halides is 3. The summed E-state index contributed by atoms with van der Waals surface area (Å²) in [4.78, 5) is 12.4. The van der Waals surface area contributed by atoms with Gasteiger partial charge in [-0.15, -0.1) is 11.8 Å². The van der Waals surface area contributed by atoms with Gasteiger partial charge in [-0.25, -0.2) is 0 Å². The van der Waals surface area contributed by atoms with E-state index in [1.54, 1.807) is 0 Å². The average Bonchev–Trinajstić information content (AvgIpc) is 2.36. The number of carbonyl (C=O) groups is 1. The molecule has 0 bridgehead atoms. The van der Waals surface area contributed by atoms with Crippen molar-refractivity contribution in [2.45, 2.75) is 18.0 Å². The molecule has 3 nitrogen and oxygen atoms in total. The third kappa shape index (κ3) is 8.06. The monoisotopic (exact) mass is 307 g/mol. The van der Waals surface area contributed by atoms with Crippen molar-refractivity contribution in [1.29, 1.82) is 0 Å². The van der Waals surface area contributed by atoms with Gasteiger partial charge in [0.1, 0.15) is 6.61 Å². The summed E-state index contributed by atoms with van der Waals surface area (Å²) < 4.78 is 39.7. The Morgan fingerprint density at radius 2 is 1.95 bits per heavy atom. The molecule has 1 N–H and O–H groups in total. The maximum atomic E-state index is 11.8. The van der Waals surface area contributed by atoms with Crippen LogP contribution in [0.3, 0.4) is 0 Å². The molecule has 0 unspecified atom stereocenters. The summed E-state index contributed by atoms with van der Waals surface area (Å²) in [5, 5.41) is 2.50. The Balaban J connectivity index is 2.10. The lowest BCUT2D eigenvalue weighted by Crippen LogP contribution is -2.30. The third-order valence-corrected chi connectivity index (χ3v) is 3.24. The van der Waals surface area contributed by atoms with E-state index in [2.05, 4.69) is 10.1 Å². The second-order valence-electron chi connectivity index (χ2n) is 4.12. The van der Waals surface area contributed by atoms with Gasteiger partial charge in [-0.3, -0.25) is 4.79 Å². The van der Waals surface area contributed by atoms with Gasteiger partial charge in [0.05, 0.1) is 12.4 Å². The largest absolute Gasteiger partial charge is 0.411 e. The van der Waals surface area contributed by atoms with Gasteiger partial charge >= 0.3 is 6.18 Å². The Hall–Kier alpha value is -1.21. The minimum absolute atomic E-state index is 0.0728. The van der Waals surface area contributed by atoms with Crippen LogP contribution >= 0.6 is 11.8 Å². The average molecular weight is 307 g/mol. The van der Waals surface area contributed by atoms with Crippen molar-refractivity contribution >= 4 is 17.7 Å². The van der Waals surface area contributed by atoms with Crippen LogP contribution in [-0.2, 0) is 9.53 Å². The molecule has 1 amide bonds. The molecule has 0 fully saturated rings. The fourth-order valence-electron chi connectivity index (χ4n) is 1.28. The van der Waals surface area contributed by atoms with Crippen LogP contribution in [0.5, 0.6) is 0 Å². The lowest BCUT2D eigenvalue weighted by Gasteiger charge is -2.08. The summed E-state index contributed by atoms with van der Waals surface area (Å²) >= 11 is 1.37. The number of aryl methyl sites for hydroxylation is 1. The van der Waals surface area contributed by atoms with Crippen LogP contribution in [0.15, 0.2) is 29.2 Å². The summed E-state index contributed by atoms with van der Waals surface area (Å²) in [6.45, 7) is 0.604. The summed E-state index contributed by atoms with van der Waals surface area (Å²) in [6.07, 6.45) is -4.33. The molecule has 0 aromatic heterocycles. The van der Waals surface area contributed by atoms with Crippen molar-refractivity contribution < 1.29 is 22.7 Å². The van der Waals surface area contributed by atoms with E-state index in [-0.39, 0.29) is 24.8 Å². The van der Waals surface area contributed by atoms with Crippen LogP contribution in [0.2, 0.25) is 0 Å². The summed E-state index contributed by atoms with van der Waals surface area (Å²) in [5.74, 6) is -0.00585. The second kappa shape index (κ2) is 8.16. The molecular formula is C13H16F3NO2S. The highest BCUT2D eigenvalue weighted by molar-refractivity contribution is 8.00. The highest BCUT2D eigenvalue weighted by atomic mass is 32.2. The zero-order valence-electron chi connectivity index (χ0n) is 11.0. The minimum Gasteiger partial charge on any atom is -0.370 e. The van der Waals surface area contributed by atoms with E-state index in [4.69, 9.17) is 0 Å². The molecule has 0 radical (unpaired) electrons.